The van der Waals surface area contributed by atoms with E-state index in [-0.39, 0.29) is 6.61 Å². The van der Waals surface area contributed by atoms with Gasteiger partial charge in [0.15, 0.2) is 5.82 Å². The standard InChI is InChI=1S/C13H18N4O/c1-16(12-6-3-2-4-7-12)8-5-9-17-11-14-15-13(17)10-18/h2-4,6-7,11,18H,5,8-10H2,1H3. The lowest BCUT2D eigenvalue weighted by atomic mass is 10.3. The lowest BCUT2D eigenvalue weighted by molar-refractivity contribution is 0.264. The SMILES string of the molecule is CN(CCCn1cnnc1CO)c1ccccc1. The molecule has 2 rings (SSSR count). The Morgan fingerprint density at radius 3 is 2.78 bits per heavy atom. The molecule has 0 amide bonds. The van der Waals surface area contributed by atoms with Crippen LogP contribution in [0.1, 0.15) is 12.2 Å². The molecule has 0 spiro atoms. The largest absolute Gasteiger partial charge is 0.388 e. The molecule has 1 aromatic heterocycles. The zero-order chi connectivity index (χ0) is 12.8. The van der Waals surface area contributed by atoms with Crippen LogP contribution < -0.4 is 4.90 Å². The summed E-state index contributed by atoms with van der Waals surface area (Å²) in [5.41, 5.74) is 1.21. The van der Waals surface area contributed by atoms with Crippen LogP contribution in [0.3, 0.4) is 0 Å². The summed E-state index contributed by atoms with van der Waals surface area (Å²) in [6, 6.07) is 10.3. The van der Waals surface area contributed by atoms with Crippen molar-refractivity contribution in [2.24, 2.45) is 0 Å². The van der Waals surface area contributed by atoms with Crippen molar-refractivity contribution < 1.29 is 5.11 Å². The smallest absolute Gasteiger partial charge is 0.158 e. The second kappa shape index (κ2) is 6.16. The van der Waals surface area contributed by atoms with Gasteiger partial charge in [0.25, 0.3) is 0 Å². The first kappa shape index (κ1) is 12.6. The van der Waals surface area contributed by atoms with Crippen molar-refractivity contribution in [3.8, 4) is 0 Å². The molecule has 5 heteroatoms. The minimum absolute atomic E-state index is 0.0610. The van der Waals surface area contributed by atoms with Crippen molar-refractivity contribution in [2.45, 2.75) is 19.6 Å². The van der Waals surface area contributed by atoms with Crippen LogP contribution >= 0.6 is 0 Å². The maximum atomic E-state index is 9.06. The summed E-state index contributed by atoms with van der Waals surface area (Å²) in [5, 5.41) is 16.7. The molecule has 18 heavy (non-hydrogen) atoms. The number of benzene rings is 1. The molecular weight excluding hydrogens is 228 g/mol. The Balaban J connectivity index is 1.82. The highest BCUT2D eigenvalue weighted by Gasteiger charge is 2.03. The van der Waals surface area contributed by atoms with E-state index in [1.807, 2.05) is 22.8 Å². The first-order valence-electron chi connectivity index (χ1n) is 6.05. The summed E-state index contributed by atoms with van der Waals surface area (Å²) in [5.74, 6) is 0.623. The maximum absolute atomic E-state index is 9.06. The van der Waals surface area contributed by atoms with Crippen LogP contribution in [0, 0.1) is 0 Å². The highest BCUT2D eigenvalue weighted by Crippen LogP contribution is 2.11. The summed E-state index contributed by atoms with van der Waals surface area (Å²) < 4.78 is 1.89. The number of anilines is 1. The number of aromatic nitrogens is 3. The molecule has 0 atom stereocenters. The van der Waals surface area contributed by atoms with E-state index in [4.69, 9.17) is 5.11 Å². The van der Waals surface area contributed by atoms with E-state index >= 15 is 0 Å². The fraction of sp³-hybridized carbons (Fsp3) is 0.385. The summed E-state index contributed by atoms with van der Waals surface area (Å²) in [7, 11) is 2.08. The van der Waals surface area contributed by atoms with Crippen LogP contribution in [-0.2, 0) is 13.2 Å². The lowest BCUT2D eigenvalue weighted by Gasteiger charge is -2.19. The molecule has 0 saturated heterocycles. The van der Waals surface area contributed by atoms with E-state index in [9.17, 15) is 0 Å². The molecule has 0 aliphatic heterocycles. The summed E-state index contributed by atoms with van der Waals surface area (Å²) >= 11 is 0. The van der Waals surface area contributed by atoms with Gasteiger partial charge in [-0.2, -0.15) is 0 Å². The highest BCUT2D eigenvalue weighted by molar-refractivity contribution is 5.44. The molecule has 1 aromatic carbocycles. The predicted octanol–water partition coefficient (Wildman–Crippen LogP) is 1.30. The molecule has 0 radical (unpaired) electrons. The van der Waals surface area contributed by atoms with Gasteiger partial charge in [-0.3, -0.25) is 0 Å². The highest BCUT2D eigenvalue weighted by atomic mass is 16.3. The van der Waals surface area contributed by atoms with Crippen molar-refractivity contribution in [1.29, 1.82) is 0 Å². The van der Waals surface area contributed by atoms with Crippen molar-refractivity contribution >= 4 is 5.69 Å². The van der Waals surface area contributed by atoms with Crippen LogP contribution in [0.2, 0.25) is 0 Å². The van der Waals surface area contributed by atoms with Crippen molar-refractivity contribution in [3.63, 3.8) is 0 Å². The van der Waals surface area contributed by atoms with Gasteiger partial charge in [-0.25, -0.2) is 0 Å². The van der Waals surface area contributed by atoms with E-state index in [0.717, 1.165) is 19.5 Å². The van der Waals surface area contributed by atoms with E-state index < -0.39 is 0 Å². The molecule has 0 aliphatic carbocycles. The van der Waals surface area contributed by atoms with Gasteiger partial charge in [-0.15, -0.1) is 10.2 Å². The van der Waals surface area contributed by atoms with Crippen molar-refractivity contribution in [3.05, 3.63) is 42.5 Å². The lowest BCUT2D eigenvalue weighted by Crippen LogP contribution is -2.20. The van der Waals surface area contributed by atoms with Gasteiger partial charge in [0.2, 0.25) is 0 Å². The number of aliphatic hydroxyl groups excluding tert-OH is 1. The molecule has 1 heterocycles. The number of rotatable bonds is 6. The summed E-state index contributed by atoms with van der Waals surface area (Å²) in [6.07, 6.45) is 2.64. The fourth-order valence-electron chi connectivity index (χ4n) is 1.88. The third-order valence-electron chi connectivity index (χ3n) is 2.93. The number of para-hydroxylation sites is 1. The third kappa shape index (κ3) is 3.07. The predicted molar refractivity (Wildman–Crippen MR) is 70.3 cm³/mol. The van der Waals surface area contributed by atoms with Crippen LogP contribution in [0.5, 0.6) is 0 Å². The molecule has 2 aromatic rings. The van der Waals surface area contributed by atoms with E-state index in [1.165, 1.54) is 5.69 Å². The average Bonchev–Trinajstić information content (AvgIpc) is 2.87. The Bertz CT molecular complexity index is 469. The van der Waals surface area contributed by atoms with Crippen LogP contribution in [0.15, 0.2) is 36.7 Å². The van der Waals surface area contributed by atoms with Gasteiger partial charge in [-0.1, -0.05) is 18.2 Å². The second-order valence-corrected chi connectivity index (χ2v) is 4.21. The Hall–Kier alpha value is -1.88. The van der Waals surface area contributed by atoms with E-state index in [1.54, 1.807) is 6.33 Å². The van der Waals surface area contributed by atoms with Gasteiger partial charge in [0.1, 0.15) is 12.9 Å². The molecule has 5 nitrogen and oxygen atoms in total. The number of aliphatic hydroxyl groups is 1. The molecule has 0 saturated carbocycles. The molecule has 96 valence electrons. The Morgan fingerprint density at radius 1 is 1.28 bits per heavy atom. The molecular formula is C13H18N4O. The average molecular weight is 246 g/mol. The number of hydrogen-bond donors (Lipinski definition) is 1. The fourth-order valence-corrected chi connectivity index (χ4v) is 1.88. The molecule has 1 N–H and O–H groups in total. The Morgan fingerprint density at radius 2 is 2.06 bits per heavy atom. The topological polar surface area (TPSA) is 54.2 Å². The maximum Gasteiger partial charge on any atom is 0.158 e. The zero-order valence-electron chi connectivity index (χ0n) is 10.5. The van der Waals surface area contributed by atoms with Crippen molar-refractivity contribution in [1.82, 2.24) is 14.8 Å². The second-order valence-electron chi connectivity index (χ2n) is 4.21. The summed E-state index contributed by atoms with van der Waals surface area (Å²) in [6.45, 7) is 1.71. The van der Waals surface area contributed by atoms with E-state index in [2.05, 4.69) is 34.3 Å². The number of nitrogens with zero attached hydrogens (tertiary/aromatic N) is 4. The van der Waals surface area contributed by atoms with Crippen molar-refractivity contribution in [2.75, 3.05) is 18.5 Å². The minimum Gasteiger partial charge on any atom is -0.388 e. The van der Waals surface area contributed by atoms with E-state index in [0.29, 0.717) is 5.82 Å². The Kier molecular flexibility index (Phi) is 4.30. The van der Waals surface area contributed by atoms with Gasteiger partial charge < -0.3 is 14.6 Å². The number of hydrogen-bond acceptors (Lipinski definition) is 4. The first-order chi connectivity index (χ1) is 8.81. The van der Waals surface area contributed by atoms with Gasteiger partial charge in [0, 0.05) is 25.8 Å². The monoisotopic (exact) mass is 246 g/mol. The van der Waals surface area contributed by atoms with Crippen LogP contribution in [0.25, 0.3) is 0 Å². The molecule has 0 fully saturated rings. The number of aryl methyl sites for hydroxylation is 1. The van der Waals surface area contributed by atoms with Gasteiger partial charge >= 0.3 is 0 Å². The minimum atomic E-state index is -0.0610. The normalized spacial score (nSPS) is 10.6. The van der Waals surface area contributed by atoms with Crippen LogP contribution in [0.4, 0.5) is 5.69 Å². The molecule has 0 bridgehead atoms. The van der Waals surface area contributed by atoms with Gasteiger partial charge in [-0.05, 0) is 18.6 Å². The quantitative estimate of drug-likeness (QED) is 0.834. The molecule has 0 unspecified atom stereocenters. The molecule has 0 aliphatic rings. The Labute approximate surface area is 107 Å². The van der Waals surface area contributed by atoms with Crippen LogP contribution in [-0.4, -0.2) is 33.5 Å². The first-order valence-corrected chi connectivity index (χ1v) is 6.05. The third-order valence-corrected chi connectivity index (χ3v) is 2.93. The summed E-state index contributed by atoms with van der Waals surface area (Å²) in [4.78, 5) is 2.21. The zero-order valence-corrected chi connectivity index (χ0v) is 10.5. The van der Waals surface area contributed by atoms with Gasteiger partial charge in [0.05, 0.1) is 0 Å².